The molecule has 2 atom stereocenters. The van der Waals surface area contributed by atoms with Crippen molar-refractivity contribution < 1.29 is 9.53 Å². The number of aromatic nitrogens is 2. The van der Waals surface area contributed by atoms with Crippen LogP contribution in [0.25, 0.3) is 0 Å². The first-order chi connectivity index (χ1) is 10.1. The van der Waals surface area contributed by atoms with Gasteiger partial charge < -0.3 is 15.0 Å². The van der Waals surface area contributed by atoms with Gasteiger partial charge in [-0.25, -0.2) is 4.98 Å². The summed E-state index contributed by atoms with van der Waals surface area (Å²) in [5.74, 6) is 1.16. The average Bonchev–Trinajstić information content (AvgIpc) is 3.01. The zero-order valence-electron chi connectivity index (χ0n) is 12.0. The number of hydrogen-bond acceptors (Lipinski definition) is 3. The topological polar surface area (TPSA) is 67.0 Å². The van der Waals surface area contributed by atoms with E-state index in [2.05, 4.69) is 15.3 Å². The van der Waals surface area contributed by atoms with E-state index in [1.54, 1.807) is 43.6 Å². The molecule has 2 rings (SSSR count). The second kappa shape index (κ2) is 7.13. The fraction of sp³-hybridized carbons (Fsp3) is 0.333. The first-order valence-electron chi connectivity index (χ1n) is 6.82. The summed E-state index contributed by atoms with van der Waals surface area (Å²) in [6.07, 6.45) is 3.54. The number of benzene rings is 1. The predicted octanol–water partition coefficient (Wildman–Crippen LogP) is 3.10. The summed E-state index contributed by atoms with van der Waals surface area (Å²) in [7, 11) is 0. The summed E-state index contributed by atoms with van der Waals surface area (Å²) in [6, 6.07) is 6.76. The molecule has 5 nitrogen and oxygen atoms in total. The quantitative estimate of drug-likeness (QED) is 0.861. The third kappa shape index (κ3) is 4.23. The smallest absolute Gasteiger partial charge is 0.261 e. The molecule has 2 N–H and O–H groups in total. The van der Waals surface area contributed by atoms with Crippen LogP contribution in [0.2, 0.25) is 5.02 Å². The third-order valence-corrected chi connectivity index (χ3v) is 3.32. The molecule has 0 aliphatic carbocycles. The van der Waals surface area contributed by atoms with Crippen molar-refractivity contribution in [2.75, 3.05) is 0 Å². The SMILES string of the molecule is CCC(NC(=O)C(C)Oc1ccc(Cl)cc1)c1ncc[nH]1. The fourth-order valence-corrected chi connectivity index (χ4v) is 2.02. The van der Waals surface area contributed by atoms with Gasteiger partial charge in [-0.05, 0) is 37.6 Å². The third-order valence-electron chi connectivity index (χ3n) is 3.07. The van der Waals surface area contributed by atoms with Crippen molar-refractivity contribution in [3.05, 3.63) is 47.5 Å². The molecule has 0 aliphatic rings. The molecule has 2 unspecified atom stereocenters. The van der Waals surface area contributed by atoms with E-state index in [4.69, 9.17) is 16.3 Å². The summed E-state index contributed by atoms with van der Waals surface area (Å²) in [5.41, 5.74) is 0. The molecule has 0 aliphatic heterocycles. The summed E-state index contributed by atoms with van der Waals surface area (Å²) in [6.45, 7) is 3.69. The molecule has 1 aromatic heterocycles. The van der Waals surface area contributed by atoms with Gasteiger partial charge >= 0.3 is 0 Å². The Bertz CT molecular complexity index is 569. The summed E-state index contributed by atoms with van der Waals surface area (Å²) < 4.78 is 5.59. The van der Waals surface area contributed by atoms with E-state index in [0.717, 1.165) is 12.2 Å². The predicted molar refractivity (Wildman–Crippen MR) is 81.3 cm³/mol. The zero-order valence-corrected chi connectivity index (χ0v) is 12.7. The maximum atomic E-state index is 12.2. The number of imidazole rings is 1. The van der Waals surface area contributed by atoms with Crippen LogP contribution in [0, 0.1) is 0 Å². The Balaban J connectivity index is 1.94. The van der Waals surface area contributed by atoms with E-state index < -0.39 is 6.10 Å². The lowest BCUT2D eigenvalue weighted by Gasteiger charge is -2.19. The largest absolute Gasteiger partial charge is 0.481 e. The number of carbonyl (C=O) groups excluding carboxylic acids is 1. The highest BCUT2D eigenvalue weighted by Gasteiger charge is 2.20. The number of ether oxygens (including phenoxy) is 1. The molecule has 0 radical (unpaired) electrons. The van der Waals surface area contributed by atoms with Gasteiger partial charge in [0.25, 0.3) is 5.91 Å². The fourth-order valence-electron chi connectivity index (χ4n) is 1.89. The number of nitrogens with one attached hydrogen (secondary N) is 2. The van der Waals surface area contributed by atoms with Crippen LogP contribution < -0.4 is 10.1 Å². The van der Waals surface area contributed by atoms with Gasteiger partial charge in [0, 0.05) is 17.4 Å². The van der Waals surface area contributed by atoms with Crippen LogP contribution in [0.3, 0.4) is 0 Å². The van der Waals surface area contributed by atoms with Crippen LogP contribution in [-0.4, -0.2) is 22.0 Å². The van der Waals surface area contributed by atoms with Gasteiger partial charge in [-0.1, -0.05) is 18.5 Å². The number of rotatable bonds is 6. The second-order valence-electron chi connectivity index (χ2n) is 4.66. The molecule has 0 fully saturated rings. The summed E-state index contributed by atoms with van der Waals surface area (Å²) in [5, 5.41) is 3.54. The van der Waals surface area contributed by atoms with E-state index in [1.165, 1.54) is 0 Å². The van der Waals surface area contributed by atoms with Crippen LogP contribution in [-0.2, 0) is 4.79 Å². The van der Waals surface area contributed by atoms with Crippen molar-refractivity contribution in [1.82, 2.24) is 15.3 Å². The van der Waals surface area contributed by atoms with Crippen molar-refractivity contribution in [3.8, 4) is 5.75 Å². The minimum absolute atomic E-state index is 0.149. The highest BCUT2D eigenvalue weighted by atomic mass is 35.5. The maximum Gasteiger partial charge on any atom is 0.261 e. The van der Waals surface area contributed by atoms with Crippen molar-refractivity contribution in [2.45, 2.75) is 32.4 Å². The minimum Gasteiger partial charge on any atom is -0.481 e. The number of halogens is 1. The molecule has 6 heteroatoms. The van der Waals surface area contributed by atoms with Crippen LogP contribution in [0.4, 0.5) is 0 Å². The minimum atomic E-state index is -0.602. The molecule has 1 heterocycles. The molecule has 112 valence electrons. The van der Waals surface area contributed by atoms with Crippen molar-refractivity contribution in [1.29, 1.82) is 0 Å². The number of hydrogen-bond donors (Lipinski definition) is 2. The van der Waals surface area contributed by atoms with E-state index in [-0.39, 0.29) is 11.9 Å². The number of carbonyl (C=O) groups is 1. The second-order valence-corrected chi connectivity index (χ2v) is 5.09. The Morgan fingerprint density at radius 1 is 1.43 bits per heavy atom. The lowest BCUT2D eigenvalue weighted by molar-refractivity contribution is -0.128. The van der Waals surface area contributed by atoms with Gasteiger partial charge in [-0.3, -0.25) is 4.79 Å². The van der Waals surface area contributed by atoms with Gasteiger partial charge in [0.05, 0.1) is 6.04 Å². The standard InChI is InChI=1S/C15H18ClN3O2/c1-3-13(14-17-8-9-18-14)19-15(20)10(2)21-12-6-4-11(16)5-7-12/h4-10,13H,3H2,1-2H3,(H,17,18)(H,19,20). The Morgan fingerprint density at radius 3 is 2.71 bits per heavy atom. The first-order valence-corrected chi connectivity index (χ1v) is 7.19. The van der Waals surface area contributed by atoms with Crippen LogP contribution in [0.1, 0.15) is 32.1 Å². The zero-order chi connectivity index (χ0) is 15.2. The van der Waals surface area contributed by atoms with Gasteiger partial charge in [0.2, 0.25) is 0 Å². The average molecular weight is 308 g/mol. The van der Waals surface area contributed by atoms with E-state index in [1.807, 2.05) is 6.92 Å². The molecular weight excluding hydrogens is 290 g/mol. The number of aromatic amines is 1. The molecule has 0 bridgehead atoms. The Labute approximate surface area is 128 Å². The Hall–Kier alpha value is -2.01. The Kier molecular flexibility index (Phi) is 5.22. The number of H-pyrrole nitrogens is 1. The number of nitrogens with zero attached hydrogens (tertiary/aromatic N) is 1. The van der Waals surface area contributed by atoms with Crippen LogP contribution >= 0.6 is 11.6 Å². The normalized spacial score (nSPS) is 13.5. The molecule has 2 aromatic rings. The van der Waals surface area contributed by atoms with Crippen LogP contribution in [0.5, 0.6) is 5.75 Å². The molecule has 0 saturated heterocycles. The number of amides is 1. The van der Waals surface area contributed by atoms with E-state index in [0.29, 0.717) is 10.8 Å². The summed E-state index contributed by atoms with van der Waals surface area (Å²) >= 11 is 5.81. The molecule has 21 heavy (non-hydrogen) atoms. The lowest BCUT2D eigenvalue weighted by atomic mass is 10.2. The van der Waals surface area contributed by atoms with E-state index in [9.17, 15) is 4.79 Å². The molecule has 0 spiro atoms. The van der Waals surface area contributed by atoms with Crippen LogP contribution in [0.15, 0.2) is 36.7 Å². The summed E-state index contributed by atoms with van der Waals surface area (Å²) in [4.78, 5) is 19.3. The molecular formula is C15H18ClN3O2. The van der Waals surface area contributed by atoms with Crippen molar-refractivity contribution in [3.63, 3.8) is 0 Å². The van der Waals surface area contributed by atoms with E-state index >= 15 is 0 Å². The van der Waals surface area contributed by atoms with Crippen molar-refractivity contribution in [2.24, 2.45) is 0 Å². The lowest BCUT2D eigenvalue weighted by Crippen LogP contribution is -2.38. The highest BCUT2D eigenvalue weighted by Crippen LogP contribution is 2.17. The van der Waals surface area contributed by atoms with Gasteiger partial charge in [-0.2, -0.15) is 0 Å². The molecule has 0 saturated carbocycles. The van der Waals surface area contributed by atoms with Gasteiger partial charge in [0.1, 0.15) is 11.6 Å². The Morgan fingerprint density at radius 2 is 2.14 bits per heavy atom. The molecule has 1 aromatic carbocycles. The molecule has 1 amide bonds. The first kappa shape index (κ1) is 15.4. The van der Waals surface area contributed by atoms with Gasteiger partial charge in [0.15, 0.2) is 6.10 Å². The highest BCUT2D eigenvalue weighted by molar-refractivity contribution is 6.30. The van der Waals surface area contributed by atoms with Crippen molar-refractivity contribution >= 4 is 17.5 Å². The van der Waals surface area contributed by atoms with Gasteiger partial charge in [-0.15, -0.1) is 0 Å². The monoisotopic (exact) mass is 307 g/mol. The maximum absolute atomic E-state index is 12.2.